The van der Waals surface area contributed by atoms with E-state index in [2.05, 4.69) is 20.3 Å². The number of aromatic nitrogens is 3. The van der Waals surface area contributed by atoms with Gasteiger partial charge in [0.25, 0.3) is 0 Å². The van der Waals surface area contributed by atoms with Crippen molar-refractivity contribution in [2.75, 3.05) is 26.7 Å². The molecular weight excluding hydrogens is 202 g/mol. The van der Waals surface area contributed by atoms with Gasteiger partial charge in [0.05, 0.1) is 6.54 Å². The van der Waals surface area contributed by atoms with Crippen LogP contribution in [0.25, 0.3) is 0 Å². The summed E-state index contributed by atoms with van der Waals surface area (Å²) in [6.07, 6.45) is 4.27. The third-order valence-electron chi connectivity index (χ3n) is 3.27. The zero-order valence-electron chi connectivity index (χ0n) is 10.2. The summed E-state index contributed by atoms with van der Waals surface area (Å²) in [6.45, 7) is 4.41. The highest BCUT2D eigenvalue weighted by Crippen LogP contribution is 2.17. The highest BCUT2D eigenvalue weighted by molar-refractivity contribution is 4.85. The second-order valence-corrected chi connectivity index (χ2v) is 4.60. The van der Waals surface area contributed by atoms with E-state index < -0.39 is 0 Å². The van der Waals surface area contributed by atoms with Gasteiger partial charge in [0.2, 0.25) is 0 Å². The fourth-order valence-electron chi connectivity index (χ4n) is 2.41. The number of nitrogens with zero attached hydrogens (tertiary/aromatic N) is 4. The van der Waals surface area contributed by atoms with Crippen molar-refractivity contribution in [3.8, 4) is 0 Å². The summed E-state index contributed by atoms with van der Waals surface area (Å²) >= 11 is 0. The van der Waals surface area contributed by atoms with Gasteiger partial charge in [-0.1, -0.05) is 0 Å². The Morgan fingerprint density at radius 3 is 3.12 bits per heavy atom. The van der Waals surface area contributed by atoms with Gasteiger partial charge < -0.3 is 5.32 Å². The van der Waals surface area contributed by atoms with Crippen LogP contribution in [0.1, 0.15) is 18.7 Å². The molecule has 5 heteroatoms. The van der Waals surface area contributed by atoms with E-state index in [4.69, 9.17) is 0 Å². The lowest BCUT2D eigenvalue weighted by Crippen LogP contribution is -2.39. The molecule has 1 aliphatic rings. The van der Waals surface area contributed by atoms with Crippen molar-refractivity contribution in [2.24, 2.45) is 13.0 Å². The van der Waals surface area contributed by atoms with E-state index >= 15 is 0 Å². The average Bonchev–Trinajstić information content (AvgIpc) is 2.66. The summed E-state index contributed by atoms with van der Waals surface area (Å²) < 4.78 is 1.86. The molecule has 1 aliphatic heterocycles. The number of piperidine rings is 1. The maximum absolute atomic E-state index is 4.28. The molecule has 0 radical (unpaired) electrons. The Bertz CT molecular complexity index is 320. The largest absolute Gasteiger partial charge is 0.319 e. The van der Waals surface area contributed by atoms with Crippen LogP contribution in [0.2, 0.25) is 0 Å². The number of hydrogen-bond donors (Lipinski definition) is 1. The van der Waals surface area contributed by atoms with Gasteiger partial charge >= 0.3 is 0 Å². The molecule has 2 rings (SSSR count). The number of nitrogens with one attached hydrogen (secondary N) is 1. The standard InChI is InChI=1S/C11H21N5/c1-12-6-10-4-3-5-16(7-10)8-11-13-9-14-15(11)2/h9-10,12H,3-8H2,1-2H3. The molecule has 1 saturated heterocycles. The third-order valence-corrected chi connectivity index (χ3v) is 3.27. The molecule has 1 unspecified atom stereocenters. The molecule has 0 aromatic carbocycles. The summed E-state index contributed by atoms with van der Waals surface area (Å²) in [4.78, 5) is 6.76. The van der Waals surface area contributed by atoms with E-state index in [0.29, 0.717) is 0 Å². The maximum Gasteiger partial charge on any atom is 0.140 e. The highest BCUT2D eigenvalue weighted by atomic mass is 15.3. The molecule has 90 valence electrons. The van der Waals surface area contributed by atoms with Gasteiger partial charge in [0, 0.05) is 13.6 Å². The summed E-state index contributed by atoms with van der Waals surface area (Å²) in [5.74, 6) is 1.84. The second-order valence-electron chi connectivity index (χ2n) is 4.60. The monoisotopic (exact) mass is 223 g/mol. The van der Waals surface area contributed by atoms with E-state index in [0.717, 1.165) is 24.8 Å². The third kappa shape index (κ3) is 2.80. The van der Waals surface area contributed by atoms with E-state index in [-0.39, 0.29) is 0 Å². The van der Waals surface area contributed by atoms with Gasteiger partial charge in [0.15, 0.2) is 0 Å². The molecule has 2 heterocycles. The van der Waals surface area contributed by atoms with Crippen molar-refractivity contribution in [3.63, 3.8) is 0 Å². The van der Waals surface area contributed by atoms with Crippen LogP contribution in [0.5, 0.6) is 0 Å². The summed E-state index contributed by atoms with van der Waals surface area (Å²) in [5.41, 5.74) is 0. The maximum atomic E-state index is 4.28. The highest BCUT2D eigenvalue weighted by Gasteiger charge is 2.20. The number of rotatable bonds is 4. The Labute approximate surface area is 96.8 Å². The van der Waals surface area contributed by atoms with Crippen LogP contribution in [-0.2, 0) is 13.6 Å². The molecule has 1 aromatic rings. The molecule has 0 aliphatic carbocycles. The minimum Gasteiger partial charge on any atom is -0.319 e. The summed E-state index contributed by atoms with van der Waals surface area (Å²) in [7, 11) is 3.99. The van der Waals surface area contributed by atoms with E-state index in [1.807, 2.05) is 18.8 Å². The Hall–Kier alpha value is -0.940. The fraction of sp³-hybridized carbons (Fsp3) is 0.818. The van der Waals surface area contributed by atoms with Crippen LogP contribution < -0.4 is 5.32 Å². The zero-order chi connectivity index (χ0) is 11.4. The van der Waals surface area contributed by atoms with E-state index in [9.17, 15) is 0 Å². The summed E-state index contributed by atoms with van der Waals surface area (Å²) in [6, 6.07) is 0. The fourth-order valence-corrected chi connectivity index (χ4v) is 2.41. The lowest BCUT2D eigenvalue weighted by atomic mass is 9.98. The van der Waals surface area contributed by atoms with Gasteiger partial charge in [0.1, 0.15) is 12.2 Å². The van der Waals surface area contributed by atoms with E-state index in [1.54, 1.807) is 6.33 Å². The Morgan fingerprint density at radius 1 is 1.56 bits per heavy atom. The quantitative estimate of drug-likeness (QED) is 0.794. The van der Waals surface area contributed by atoms with Crippen LogP contribution in [0.3, 0.4) is 0 Å². The molecule has 0 spiro atoms. The van der Waals surface area contributed by atoms with Crippen LogP contribution in [-0.4, -0.2) is 46.3 Å². The van der Waals surface area contributed by atoms with Gasteiger partial charge in [-0.25, -0.2) is 4.98 Å². The summed E-state index contributed by atoms with van der Waals surface area (Å²) in [5, 5.41) is 7.37. The normalized spacial score (nSPS) is 22.5. The van der Waals surface area contributed by atoms with Gasteiger partial charge in [-0.05, 0) is 38.9 Å². The van der Waals surface area contributed by atoms with Gasteiger partial charge in [-0.3, -0.25) is 9.58 Å². The molecule has 0 bridgehead atoms. The predicted octanol–water partition coefficient (Wildman–Crippen LogP) is 0.246. The van der Waals surface area contributed by atoms with Crippen molar-refractivity contribution in [1.82, 2.24) is 25.0 Å². The van der Waals surface area contributed by atoms with Crippen molar-refractivity contribution >= 4 is 0 Å². The number of hydrogen-bond acceptors (Lipinski definition) is 4. The molecule has 16 heavy (non-hydrogen) atoms. The Morgan fingerprint density at radius 2 is 2.44 bits per heavy atom. The molecular formula is C11H21N5. The topological polar surface area (TPSA) is 46.0 Å². The SMILES string of the molecule is CNCC1CCCN(Cc2ncnn2C)C1. The molecule has 1 fully saturated rings. The smallest absolute Gasteiger partial charge is 0.140 e. The van der Waals surface area contributed by atoms with Gasteiger partial charge in [-0.15, -0.1) is 0 Å². The first kappa shape index (κ1) is 11.5. The number of likely N-dealkylation sites (tertiary alicyclic amines) is 1. The van der Waals surface area contributed by atoms with Crippen LogP contribution in [0.15, 0.2) is 6.33 Å². The van der Waals surface area contributed by atoms with Crippen LogP contribution in [0, 0.1) is 5.92 Å². The van der Waals surface area contributed by atoms with Crippen LogP contribution in [0.4, 0.5) is 0 Å². The first-order valence-corrected chi connectivity index (χ1v) is 5.99. The molecule has 5 nitrogen and oxygen atoms in total. The molecule has 0 amide bonds. The Balaban J connectivity index is 1.88. The molecule has 1 atom stereocenters. The van der Waals surface area contributed by atoms with Gasteiger partial charge in [-0.2, -0.15) is 5.10 Å². The first-order chi connectivity index (χ1) is 7.79. The van der Waals surface area contributed by atoms with Crippen molar-refractivity contribution in [1.29, 1.82) is 0 Å². The first-order valence-electron chi connectivity index (χ1n) is 5.99. The molecule has 1 N–H and O–H groups in total. The zero-order valence-corrected chi connectivity index (χ0v) is 10.2. The van der Waals surface area contributed by atoms with Crippen molar-refractivity contribution in [3.05, 3.63) is 12.2 Å². The molecule has 0 saturated carbocycles. The minimum absolute atomic E-state index is 0.784. The van der Waals surface area contributed by atoms with Crippen LogP contribution >= 0.6 is 0 Å². The lowest BCUT2D eigenvalue weighted by molar-refractivity contribution is 0.161. The average molecular weight is 223 g/mol. The Kier molecular flexibility index (Phi) is 3.90. The lowest BCUT2D eigenvalue weighted by Gasteiger charge is -2.32. The van der Waals surface area contributed by atoms with Crippen molar-refractivity contribution < 1.29 is 0 Å². The minimum atomic E-state index is 0.784. The number of aryl methyl sites for hydroxylation is 1. The van der Waals surface area contributed by atoms with E-state index in [1.165, 1.54) is 25.9 Å². The second kappa shape index (κ2) is 5.41. The molecule has 1 aromatic heterocycles. The van der Waals surface area contributed by atoms with Crippen molar-refractivity contribution in [2.45, 2.75) is 19.4 Å². The predicted molar refractivity (Wildman–Crippen MR) is 62.9 cm³/mol.